The van der Waals surface area contributed by atoms with E-state index in [0.29, 0.717) is 22.8 Å². The number of hydrogen-bond donors (Lipinski definition) is 1. The van der Waals surface area contributed by atoms with E-state index in [4.69, 9.17) is 9.47 Å². The zero-order valence-corrected chi connectivity index (χ0v) is 17.0. The van der Waals surface area contributed by atoms with Gasteiger partial charge in [-0.15, -0.1) is 6.58 Å². The van der Waals surface area contributed by atoms with Gasteiger partial charge in [-0.3, -0.25) is 0 Å². The Morgan fingerprint density at radius 1 is 1.03 bits per heavy atom. The number of allylic oxidation sites excluding steroid dienone is 1. The minimum Gasteiger partial charge on any atom is -0.493 e. The van der Waals surface area contributed by atoms with Gasteiger partial charge in [0.1, 0.15) is 12.4 Å². The van der Waals surface area contributed by atoms with E-state index in [1.807, 2.05) is 0 Å². The van der Waals surface area contributed by atoms with Gasteiger partial charge in [0.25, 0.3) is 0 Å². The summed E-state index contributed by atoms with van der Waals surface area (Å²) in [5.41, 5.74) is 1.65. The van der Waals surface area contributed by atoms with Crippen LogP contribution in [0, 0.1) is 5.82 Å². The Hall–Kier alpha value is -3.31. The molecule has 0 aliphatic rings. The van der Waals surface area contributed by atoms with Crippen LogP contribution in [-0.2, 0) is 13.0 Å². The van der Waals surface area contributed by atoms with E-state index in [1.54, 1.807) is 0 Å². The van der Waals surface area contributed by atoms with Crippen molar-refractivity contribution in [1.29, 1.82) is 0 Å². The van der Waals surface area contributed by atoms with Crippen LogP contribution in [0.2, 0.25) is 0 Å². The summed E-state index contributed by atoms with van der Waals surface area (Å²) in [7, 11) is 1.27. The largest absolute Gasteiger partial charge is 0.493 e. The first-order valence-electron chi connectivity index (χ1n) is 9.14. The summed E-state index contributed by atoms with van der Waals surface area (Å²) < 4.78 is 113. The van der Waals surface area contributed by atoms with E-state index in [1.165, 1.54) is 49.6 Å². The zero-order chi connectivity index (χ0) is 24.9. The molecule has 0 radical (unpaired) electrons. The Kier molecular flexibility index (Phi) is 7.93. The van der Waals surface area contributed by atoms with Gasteiger partial charge in [0.15, 0.2) is 11.5 Å². The first kappa shape index (κ1) is 25.9. The van der Waals surface area contributed by atoms with Gasteiger partial charge in [-0.1, -0.05) is 18.2 Å². The molecule has 0 amide bonds. The standard InChI is InChI=1S/C21H18F8N2O2/c1-3-4-15-9-14(11-30-31-21(28,29)19(23,24)20(25,26)27)10-17(32-2)18(15)33-12-13-5-7-16(22)8-6-13/h3,5-11,31H,1,4,12H2,2H3/b30-11+. The molecule has 12 heteroatoms. The van der Waals surface area contributed by atoms with Crippen LogP contribution in [0.5, 0.6) is 11.5 Å². The Bertz CT molecular complexity index is 989. The number of rotatable bonds is 10. The van der Waals surface area contributed by atoms with E-state index in [0.717, 1.165) is 0 Å². The summed E-state index contributed by atoms with van der Waals surface area (Å²) in [6, 6.07) is 2.41. The second-order valence-corrected chi connectivity index (χ2v) is 6.64. The van der Waals surface area contributed by atoms with Crippen LogP contribution in [-0.4, -0.2) is 31.5 Å². The molecule has 1 N–H and O–H groups in total. The predicted octanol–water partition coefficient (Wildman–Crippen LogP) is 5.86. The normalized spacial score (nSPS) is 12.6. The van der Waals surface area contributed by atoms with Gasteiger partial charge >= 0.3 is 18.1 Å². The fourth-order valence-electron chi connectivity index (χ4n) is 2.55. The van der Waals surface area contributed by atoms with Crippen LogP contribution in [0.15, 0.2) is 54.2 Å². The van der Waals surface area contributed by atoms with Crippen molar-refractivity contribution in [1.82, 2.24) is 5.43 Å². The third kappa shape index (κ3) is 6.14. The Balaban J connectivity index is 2.27. The minimum atomic E-state index is -6.48. The van der Waals surface area contributed by atoms with Crippen molar-refractivity contribution in [2.45, 2.75) is 31.2 Å². The van der Waals surface area contributed by atoms with Gasteiger partial charge in [-0.25, -0.2) is 9.82 Å². The Morgan fingerprint density at radius 3 is 2.21 bits per heavy atom. The van der Waals surface area contributed by atoms with Crippen molar-refractivity contribution in [3.05, 3.63) is 71.6 Å². The number of ether oxygens (including phenoxy) is 2. The van der Waals surface area contributed by atoms with Crippen molar-refractivity contribution in [2.75, 3.05) is 7.11 Å². The molecule has 2 rings (SSSR count). The number of hydrogen-bond acceptors (Lipinski definition) is 4. The van der Waals surface area contributed by atoms with Crippen molar-refractivity contribution >= 4 is 6.21 Å². The molecular formula is C21H18F8N2O2. The molecule has 2 aromatic carbocycles. The second-order valence-electron chi connectivity index (χ2n) is 6.64. The van der Waals surface area contributed by atoms with Gasteiger partial charge < -0.3 is 9.47 Å². The van der Waals surface area contributed by atoms with E-state index in [9.17, 15) is 35.1 Å². The predicted molar refractivity (Wildman–Crippen MR) is 104 cm³/mol. The second kappa shape index (κ2) is 10.1. The smallest absolute Gasteiger partial charge is 0.462 e. The lowest BCUT2D eigenvalue weighted by Gasteiger charge is -2.27. The van der Waals surface area contributed by atoms with E-state index >= 15 is 0 Å². The topological polar surface area (TPSA) is 42.9 Å². The molecule has 4 nitrogen and oxygen atoms in total. The summed E-state index contributed by atoms with van der Waals surface area (Å²) in [6.45, 7) is 3.60. The lowest BCUT2D eigenvalue weighted by atomic mass is 10.1. The maximum atomic E-state index is 13.3. The summed E-state index contributed by atoms with van der Waals surface area (Å²) >= 11 is 0. The van der Waals surface area contributed by atoms with Crippen LogP contribution >= 0.6 is 0 Å². The first-order chi connectivity index (χ1) is 15.3. The highest BCUT2D eigenvalue weighted by atomic mass is 19.4. The number of nitrogens with one attached hydrogen (secondary N) is 1. The van der Waals surface area contributed by atoms with Crippen molar-refractivity contribution in [2.24, 2.45) is 5.10 Å². The molecule has 33 heavy (non-hydrogen) atoms. The molecule has 0 atom stereocenters. The number of hydrazone groups is 1. The number of halogens is 8. The maximum Gasteiger partial charge on any atom is 0.462 e. The Labute approximate surface area is 183 Å². The van der Waals surface area contributed by atoms with Crippen molar-refractivity contribution in [3.8, 4) is 11.5 Å². The quantitative estimate of drug-likeness (QED) is 0.152. The van der Waals surface area contributed by atoms with Gasteiger partial charge in [0, 0.05) is 5.56 Å². The van der Waals surface area contributed by atoms with Crippen molar-refractivity contribution < 1.29 is 44.6 Å². The number of nitrogens with zero attached hydrogens (tertiary/aromatic N) is 1. The molecule has 0 heterocycles. The van der Waals surface area contributed by atoms with Crippen LogP contribution in [0.25, 0.3) is 0 Å². The number of benzene rings is 2. The Morgan fingerprint density at radius 2 is 1.67 bits per heavy atom. The van der Waals surface area contributed by atoms with E-state index in [2.05, 4.69) is 11.7 Å². The van der Waals surface area contributed by atoms with Crippen LogP contribution in [0.1, 0.15) is 16.7 Å². The fourth-order valence-corrected chi connectivity index (χ4v) is 2.55. The molecule has 0 bridgehead atoms. The summed E-state index contributed by atoms with van der Waals surface area (Å²) in [4.78, 5) is 0. The molecule has 0 aromatic heterocycles. The molecule has 2 aromatic rings. The van der Waals surface area contributed by atoms with Gasteiger partial charge in [0.2, 0.25) is 0 Å². The van der Waals surface area contributed by atoms with Crippen LogP contribution in [0.4, 0.5) is 35.1 Å². The minimum absolute atomic E-state index is 0.0223. The van der Waals surface area contributed by atoms with E-state index in [-0.39, 0.29) is 30.1 Å². The molecule has 0 fully saturated rings. The highest BCUT2D eigenvalue weighted by Crippen LogP contribution is 2.45. The molecule has 0 spiro atoms. The monoisotopic (exact) mass is 482 g/mol. The van der Waals surface area contributed by atoms with Gasteiger partial charge in [-0.2, -0.15) is 35.8 Å². The molecule has 0 saturated carbocycles. The average Bonchev–Trinajstić information content (AvgIpc) is 2.73. The lowest BCUT2D eigenvalue weighted by molar-refractivity contribution is -0.361. The van der Waals surface area contributed by atoms with E-state index < -0.39 is 24.0 Å². The molecule has 0 aliphatic heterocycles. The zero-order valence-electron chi connectivity index (χ0n) is 17.0. The molecular weight excluding hydrogens is 464 g/mol. The summed E-state index contributed by atoms with van der Waals surface area (Å²) in [5, 5.41) is 2.84. The molecule has 0 unspecified atom stereocenters. The van der Waals surface area contributed by atoms with Gasteiger partial charge in [-0.05, 0) is 41.8 Å². The maximum absolute atomic E-state index is 13.3. The highest BCUT2D eigenvalue weighted by Gasteiger charge is 2.73. The third-order valence-corrected chi connectivity index (χ3v) is 4.20. The molecule has 0 saturated heterocycles. The van der Waals surface area contributed by atoms with Crippen molar-refractivity contribution in [3.63, 3.8) is 0 Å². The van der Waals surface area contributed by atoms with Gasteiger partial charge in [0.05, 0.1) is 13.3 Å². The van der Waals surface area contributed by atoms with Crippen LogP contribution in [0.3, 0.4) is 0 Å². The number of alkyl halides is 7. The first-order valence-corrected chi connectivity index (χ1v) is 9.14. The SMILES string of the molecule is C=CCc1cc(/C=N/NC(F)(F)C(F)(F)C(F)(F)F)cc(OC)c1OCc1ccc(F)cc1. The highest BCUT2D eigenvalue weighted by molar-refractivity contribution is 5.81. The lowest BCUT2D eigenvalue weighted by Crippen LogP contribution is -2.58. The van der Waals surface area contributed by atoms with Crippen LogP contribution < -0.4 is 14.9 Å². The molecule has 180 valence electrons. The fraction of sp³-hybridized carbons (Fsp3) is 0.286. The summed E-state index contributed by atoms with van der Waals surface area (Å²) in [6.07, 6.45) is -4.18. The summed E-state index contributed by atoms with van der Waals surface area (Å²) in [5.74, 6) is -6.44. The average molecular weight is 482 g/mol. The third-order valence-electron chi connectivity index (χ3n) is 4.20. The number of methoxy groups -OCH3 is 1. The molecule has 0 aliphatic carbocycles.